The molecule has 1 aliphatic heterocycles. The molecule has 0 spiro atoms. The SMILES string of the molecule is CC(c1ccccc1)N1CC(=C(c2ccccc2)c2ccccc2)C1. The van der Waals surface area contributed by atoms with Gasteiger partial charge in [-0.05, 0) is 34.8 Å². The molecule has 1 unspecified atom stereocenters. The second-order valence-corrected chi connectivity index (χ2v) is 6.70. The van der Waals surface area contributed by atoms with Gasteiger partial charge in [0.05, 0.1) is 0 Å². The van der Waals surface area contributed by atoms with Gasteiger partial charge in [0.25, 0.3) is 0 Å². The highest BCUT2D eigenvalue weighted by Gasteiger charge is 2.29. The lowest BCUT2D eigenvalue weighted by Crippen LogP contribution is -2.42. The van der Waals surface area contributed by atoms with Gasteiger partial charge in [-0.2, -0.15) is 0 Å². The molecule has 124 valence electrons. The molecular formula is C24H23N. The number of hydrogen-bond donors (Lipinski definition) is 0. The minimum absolute atomic E-state index is 0.456. The molecule has 0 amide bonds. The molecule has 0 bridgehead atoms. The highest BCUT2D eigenvalue weighted by Crippen LogP contribution is 2.35. The van der Waals surface area contributed by atoms with Crippen molar-refractivity contribution in [3.63, 3.8) is 0 Å². The summed E-state index contributed by atoms with van der Waals surface area (Å²) in [5.41, 5.74) is 6.95. The topological polar surface area (TPSA) is 3.24 Å². The molecule has 1 aliphatic rings. The summed E-state index contributed by atoms with van der Waals surface area (Å²) in [5, 5.41) is 0. The zero-order valence-corrected chi connectivity index (χ0v) is 14.6. The predicted octanol–water partition coefficient (Wildman–Crippen LogP) is 5.57. The second-order valence-electron chi connectivity index (χ2n) is 6.70. The third kappa shape index (κ3) is 3.29. The molecule has 1 atom stereocenters. The maximum Gasteiger partial charge on any atom is 0.0326 e. The highest BCUT2D eigenvalue weighted by molar-refractivity contribution is 5.83. The van der Waals surface area contributed by atoms with Crippen molar-refractivity contribution in [2.75, 3.05) is 13.1 Å². The van der Waals surface area contributed by atoms with Crippen LogP contribution in [0.1, 0.15) is 29.7 Å². The molecule has 1 fully saturated rings. The van der Waals surface area contributed by atoms with Crippen LogP contribution in [0.15, 0.2) is 96.6 Å². The Morgan fingerprint density at radius 2 is 1.12 bits per heavy atom. The Kier molecular flexibility index (Phi) is 4.49. The summed E-state index contributed by atoms with van der Waals surface area (Å²) in [6, 6.07) is 32.8. The summed E-state index contributed by atoms with van der Waals surface area (Å²) in [5.74, 6) is 0. The van der Waals surface area contributed by atoms with Crippen LogP contribution in [0.5, 0.6) is 0 Å². The van der Waals surface area contributed by atoms with Crippen LogP contribution >= 0.6 is 0 Å². The van der Waals surface area contributed by atoms with E-state index < -0.39 is 0 Å². The lowest BCUT2D eigenvalue weighted by Gasteiger charge is -2.40. The summed E-state index contributed by atoms with van der Waals surface area (Å²) in [6.07, 6.45) is 0. The van der Waals surface area contributed by atoms with Gasteiger partial charge in [-0.15, -0.1) is 0 Å². The molecule has 1 heteroatoms. The van der Waals surface area contributed by atoms with E-state index in [0.717, 1.165) is 13.1 Å². The number of likely N-dealkylation sites (tertiary alicyclic amines) is 1. The molecule has 3 aromatic rings. The fourth-order valence-corrected chi connectivity index (χ4v) is 3.60. The number of benzene rings is 3. The van der Waals surface area contributed by atoms with Crippen molar-refractivity contribution in [1.29, 1.82) is 0 Å². The molecule has 0 N–H and O–H groups in total. The quantitative estimate of drug-likeness (QED) is 0.606. The molecular weight excluding hydrogens is 302 g/mol. The smallest absolute Gasteiger partial charge is 0.0326 e. The largest absolute Gasteiger partial charge is 0.289 e. The van der Waals surface area contributed by atoms with Gasteiger partial charge >= 0.3 is 0 Å². The Labute approximate surface area is 150 Å². The minimum atomic E-state index is 0.456. The van der Waals surface area contributed by atoms with Crippen molar-refractivity contribution < 1.29 is 0 Å². The molecule has 25 heavy (non-hydrogen) atoms. The van der Waals surface area contributed by atoms with E-state index in [0.29, 0.717) is 6.04 Å². The van der Waals surface area contributed by atoms with E-state index in [9.17, 15) is 0 Å². The van der Waals surface area contributed by atoms with E-state index in [1.54, 1.807) is 0 Å². The Morgan fingerprint density at radius 1 is 0.680 bits per heavy atom. The lowest BCUT2D eigenvalue weighted by atomic mass is 9.88. The Balaban J connectivity index is 1.63. The zero-order valence-electron chi connectivity index (χ0n) is 14.6. The van der Waals surface area contributed by atoms with Crippen LogP contribution in [-0.4, -0.2) is 18.0 Å². The van der Waals surface area contributed by atoms with E-state index in [1.807, 2.05) is 0 Å². The van der Waals surface area contributed by atoms with Crippen LogP contribution in [0, 0.1) is 0 Å². The maximum absolute atomic E-state index is 2.54. The van der Waals surface area contributed by atoms with Gasteiger partial charge in [0.1, 0.15) is 0 Å². The summed E-state index contributed by atoms with van der Waals surface area (Å²) < 4.78 is 0. The molecule has 1 heterocycles. The normalized spacial score (nSPS) is 15.5. The van der Waals surface area contributed by atoms with Gasteiger partial charge < -0.3 is 0 Å². The van der Waals surface area contributed by atoms with Crippen molar-refractivity contribution in [1.82, 2.24) is 4.90 Å². The van der Waals surface area contributed by atoms with Crippen LogP contribution in [0.2, 0.25) is 0 Å². The minimum Gasteiger partial charge on any atom is -0.289 e. The van der Waals surface area contributed by atoms with Gasteiger partial charge in [0, 0.05) is 19.1 Å². The fraction of sp³-hybridized carbons (Fsp3) is 0.167. The number of rotatable bonds is 4. The van der Waals surface area contributed by atoms with Gasteiger partial charge in [0.15, 0.2) is 0 Å². The first kappa shape index (κ1) is 15.9. The molecule has 3 aromatic carbocycles. The van der Waals surface area contributed by atoms with Crippen molar-refractivity contribution in [3.05, 3.63) is 113 Å². The molecule has 4 rings (SSSR count). The summed E-state index contributed by atoms with van der Waals surface area (Å²) in [6.45, 7) is 4.38. The van der Waals surface area contributed by atoms with Gasteiger partial charge in [-0.1, -0.05) is 91.0 Å². The third-order valence-electron chi connectivity index (χ3n) is 5.10. The van der Waals surface area contributed by atoms with E-state index in [2.05, 4.69) is 103 Å². The van der Waals surface area contributed by atoms with Crippen molar-refractivity contribution in [2.45, 2.75) is 13.0 Å². The average Bonchev–Trinajstić information content (AvgIpc) is 2.66. The molecule has 1 saturated heterocycles. The summed E-state index contributed by atoms with van der Waals surface area (Å²) in [4.78, 5) is 2.54. The number of hydrogen-bond acceptors (Lipinski definition) is 1. The van der Waals surface area contributed by atoms with E-state index >= 15 is 0 Å². The van der Waals surface area contributed by atoms with Crippen LogP contribution in [0.3, 0.4) is 0 Å². The Hall–Kier alpha value is -2.64. The second kappa shape index (κ2) is 7.08. The Bertz CT molecular complexity index is 801. The average molecular weight is 325 g/mol. The van der Waals surface area contributed by atoms with Gasteiger partial charge in [-0.25, -0.2) is 0 Å². The molecule has 0 aromatic heterocycles. The highest BCUT2D eigenvalue weighted by atomic mass is 15.2. The molecule has 1 nitrogen and oxygen atoms in total. The Morgan fingerprint density at radius 3 is 1.60 bits per heavy atom. The summed E-state index contributed by atoms with van der Waals surface area (Å²) in [7, 11) is 0. The summed E-state index contributed by atoms with van der Waals surface area (Å²) >= 11 is 0. The lowest BCUT2D eigenvalue weighted by molar-refractivity contribution is 0.188. The number of nitrogens with zero attached hydrogens (tertiary/aromatic N) is 1. The monoisotopic (exact) mass is 325 g/mol. The maximum atomic E-state index is 2.54. The fourth-order valence-electron chi connectivity index (χ4n) is 3.60. The van der Waals surface area contributed by atoms with E-state index in [1.165, 1.54) is 27.8 Å². The van der Waals surface area contributed by atoms with Crippen molar-refractivity contribution >= 4 is 5.57 Å². The first-order valence-electron chi connectivity index (χ1n) is 8.95. The van der Waals surface area contributed by atoms with Crippen LogP contribution in [-0.2, 0) is 0 Å². The van der Waals surface area contributed by atoms with E-state index in [-0.39, 0.29) is 0 Å². The van der Waals surface area contributed by atoms with Crippen molar-refractivity contribution in [2.24, 2.45) is 0 Å². The van der Waals surface area contributed by atoms with Gasteiger partial charge in [0.2, 0.25) is 0 Å². The molecule has 0 aliphatic carbocycles. The molecule has 0 saturated carbocycles. The first-order valence-corrected chi connectivity index (χ1v) is 8.95. The van der Waals surface area contributed by atoms with Gasteiger partial charge in [-0.3, -0.25) is 4.90 Å². The molecule has 0 radical (unpaired) electrons. The first-order chi connectivity index (χ1) is 12.3. The van der Waals surface area contributed by atoms with Crippen molar-refractivity contribution in [3.8, 4) is 0 Å². The zero-order chi connectivity index (χ0) is 17.1. The van der Waals surface area contributed by atoms with Crippen LogP contribution < -0.4 is 0 Å². The van der Waals surface area contributed by atoms with Crippen LogP contribution in [0.25, 0.3) is 5.57 Å². The van der Waals surface area contributed by atoms with Crippen LogP contribution in [0.4, 0.5) is 0 Å². The standard InChI is InChI=1S/C24H23N/c1-19(20-11-5-2-6-12-20)25-17-23(18-25)24(21-13-7-3-8-14-21)22-15-9-4-10-16-22/h2-16,19H,17-18H2,1H3. The van der Waals surface area contributed by atoms with E-state index in [4.69, 9.17) is 0 Å². The third-order valence-corrected chi connectivity index (χ3v) is 5.10. The predicted molar refractivity (Wildman–Crippen MR) is 105 cm³/mol.